The van der Waals surface area contributed by atoms with E-state index in [4.69, 9.17) is 26.6 Å². The first kappa shape index (κ1) is 17.8. The average molecular weight is 373 g/mol. The predicted molar refractivity (Wildman–Crippen MR) is 98.2 cm³/mol. The third-order valence-electron chi connectivity index (χ3n) is 3.71. The summed E-state index contributed by atoms with van der Waals surface area (Å²) in [5.74, 6) is -0.0494. The normalized spacial score (nSPS) is 10.5. The van der Waals surface area contributed by atoms with Crippen molar-refractivity contribution in [2.24, 2.45) is 0 Å². The lowest BCUT2D eigenvalue weighted by molar-refractivity contribution is 0.0955. The molecule has 0 bridgehead atoms. The lowest BCUT2D eigenvalue weighted by atomic mass is 10.1. The molecule has 0 atom stereocenters. The van der Waals surface area contributed by atoms with Gasteiger partial charge in [-0.05, 0) is 30.2 Å². The molecule has 0 unspecified atom stereocenters. The van der Waals surface area contributed by atoms with Crippen molar-refractivity contribution in [3.05, 3.63) is 58.6 Å². The summed E-state index contributed by atoms with van der Waals surface area (Å²) in [4.78, 5) is 16.8. The molecule has 3 rings (SSSR count). The average Bonchev–Trinajstić information content (AvgIpc) is 3.03. The van der Waals surface area contributed by atoms with Gasteiger partial charge in [-0.25, -0.2) is 4.98 Å². The van der Waals surface area contributed by atoms with Crippen molar-refractivity contribution in [3.8, 4) is 17.3 Å². The molecular weight excluding hydrogens is 356 g/mol. The Bertz CT molecular complexity index is 926. The molecule has 134 valence electrons. The molecule has 3 N–H and O–H groups in total. The molecule has 0 spiro atoms. The van der Waals surface area contributed by atoms with Crippen LogP contribution < -0.4 is 15.8 Å². The van der Waals surface area contributed by atoms with Gasteiger partial charge in [0.1, 0.15) is 11.3 Å². The molecule has 26 heavy (non-hydrogen) atoms. The molecule has 8 heteroatoms. The molecule has 2 aromatic heterocycles. The molecule has 0 aliphatic rings. The minimum atomic E-state index is -0.384. The Morgan fingerprint density at radius 3 is 2.88 bits per heavy atom. The highest BCUT2D eigenvalue weighted by Gasteiger charge is 2.23. The number of amides is 1. The van der Waals surface area contributed by atoms with E-state index < -0.39 is 0 Å². The van der Waals surface area contributed by atoms with E-state index in [1.165, 1.54) is 7.11 Å². The van der Waals surface area contributed by atoms with Gasteiger partial charge in [-0.15, -0.1) is 0 Å². The molecule has 7 nitrogen and oxygen atoms in total. The second-order valence-corrected chi connectivity index (χ2v) is 5.91. The number of rotatable bonds is 6. The highest BCUT2D eigenvalue weighted by atomic mass is 35.5. The number of pyridine rings is 1. The van der Waals surface area contributed by atoms with Crippen molar-refractivity contribution in [2.45, 2.75) is 6.42 Å². The molecule has 1 aromatic carbocycles. The lowest BCUT2D eigenvalue weighted by Gasteiger charge is -2.06. The summed E-state index contributed by atoms with van der Waals surface area (Å²) in [6.07, 6.45) is 0.629. The summed E-state index contributed by atoms with van der Waals surface area (Å²) in [5.41, 5.74) is 7.66. The van der Waals surface area contributed by atoms with Crippen molar-refractivity contribution in [3.63, 3.8) is 0 Å². The van der Waals surface area contributed by atoms with E-state index in [-0.39, 0.29) is 23.0 Å². The third kappa shape index (κ3) is 3.94. The van der Waals surface area contributed by atoms with Gasteiger partial charge in [-0.3, -0.25) is 4.79 Å². The fourth-order valence-electron chi connectivity index (χ4n) is 2.46. The topological polar surface area (TPSA) is 103 Å². The largest absolute Gasteiger partial charge is 0.481 e. The number of benzene rings is 1. The SMILES string of the molecule is COc1cccc(-c2noc(N)c2C(=O)NCCc2cccc(Cl)c2)n1. The van der Waals surface area contributed by atoms with E-state index in [1.54, 1.807) is 24.3 Å². The molecule has 0 aliphatic heterocycles. The molecule has 1 amide bonds. The zero-order valence-corrected chi connectivity index (χ0v) is 14.8. The number of nitrogens with two attached hydrogens (primary N) is 1. The van der Waals surface area contributed by atoms with Crippen molar-refractivity contribution in [1.82, 2.24) is 15.5 Å². The summed E-state index contributed by atoms with van der Waals surface area (Å²) in [7, 11) is 1.51. The number of methoxy groups -OCH3 is 1. The third-order valence-corrected chi connectivity index (χ3v) is 3.94. The minimum Gasteiger partial charge on any atom is -0.481 e. The van der Waals surface area contributed by atoms with Crippen LogP contribution in [0, 0.1) is 0 Å². The Hall–Kier alpha value is -3.06. The van der Waals surface area contributed by atoms with Crippen LogP contribution in [0.1, 0.15) is 15.9 Å². The van der Waals surface area contributed by atoms with E-state index in [0.717, 1.165) is 5.56 Å². The summed E-state index contributed by atoms with van der Waals surface area (Å²) in [6.45, 7) is 0.411. The van der Waals surface area contributed by atoms with Gasteiger partial charge in [0, 0.05) is 17.6 Å². The maximum Gasteiger partial charge on any atom is 0.259 e. The highest BCUT2D eigenvalue weighted by molar-refractivity contribution is 6.30. The predicted octanol–water partition coefficient (Wildman–Crippen LogP) is 2.95. The molecule has 0 fully saturated rings. The number of aromatic nitrogens is 2. The number of ether oxygens (including phenoxy) is 1. The minimum absolute atomic E-state index is 0.0649. The molecule has 0 saturated carbocycles. The van der Waals surface area contributed by atoms with Crippen LogP contribution in [0.3, 0.4) is 0 Å². The zero-order valence-electron chi connectivity index (χ0n) is 14.0. The Balaban J connectivity index is 1.74. The van der Waals surface area contributed by atoms with Crippen molar-refractivity contribution in [1.29, 1.82) is 0 Å². The van der Waals surface area contributed by atoms with Crippen LogP contribution in [0.25, 0.3) is 11.4 Å². The highest BCUT2D eigenvalue weighted by Crippen LogP contribution is 2.26. The van der Waals surface area contributed by atoms with Gasteiger partial charge < -0.3 is 20.3 Å². The molecule has 3 aromatic rings. The number of nitrogens with zero attached hydrogens (tertiary/aromatic N) is 2. The van der Waals surface area contributed by atoms with Gasteiger partial charge in [0.05, 0.1) is 12.8 Å². The van der Waals surface area contributed by atoms with Crippen molar-refractivity contribution >= 4 is 23.4 Å². The fourth-order valence-corrected chi connectivity index (χ4v) is 2.67. The van der Waals surface area contributed by atoms with Crippen LogP contribution in [-0.4, -0.2) is 29.7 Å². The first-order valence-corrected chi connectivity index (χ1v) is 8.25. The van der Waals surface area contributed by atoms with Crippen LogP contribution in [0.4, 0.5) is 5.88 Å². The number of halogens is 1. The van der Waals surface area contributed by atoms with Crippen LogP contribution in [0.15, 0.2) is 47.0 Å². The Morgan fingerprint density at radius 2 is 2.12 bits per heavy atom. The number of carbonyl (C=O) groups excluding carboxylic acids is 1. The second-order valence-electron chi connectivity index (χ2n) is 5.47. The number of hydrogen-bond donors (Lipinski definition) is 2. The van der Waals surface area contributed by atoms with Gasteiger partial charge in [0.15, 0.2) is 0 Å². The summed E-state index contributed by atoms with van der Waals surface area (Å²) >= 11 is 5.96. The number of nitrogen functional groups attached to an aromatic ring is 1. The summed E-state index contributed by atoms with van der Waals surface area (Å²) in [6, 6.07) is 12.6. The number of hydrogen-bond acceptors (Lipinski definition) is 6. The van der Waals surface area contributed by atoms with Gasteiger partial charge in [0.25, 0.3) is 5.91 Å². The van der Waals surface area contributed by atoms with Crippen molar-refractivity contribution in [2.75, 3.05) is 19.4 Å². The van der Waals surface area contributed by atoms with E-state index in [2.05, 4.69) is 15.5 Å². The fraction of sp³-hybridized carbons (Fsp3) is 0.167. The van der Waals surface area contributed by atoms with Crippen LogP contribution >= 0.6 is 11.6 Å². The number of nitrogens with one attached hydrogen (secondary N) is 1. The van der Waals surface area contributed by atoms with Gasteiger partial charge in [-0.2, -0.15) is 0 Å². The second kappa shape index (κ2) is 7.88. The Kier molecular flexibility index (Phi) is 5.38. The number of carbonyl (C=O) groups is 1. The monoisotopic (exact) mass is 372 g/mol. The maximum absolute atomic E-state index is 12.6. The zero-order chi connectivity index (χ0) is 18.5. The van der Waals surface area contributed by atoms with Crippen LogP contribution in [-0.2, 0) is 6.42 Å². The lowest BCUT2D eigenvalue weighted by Crippen LogP contribution is -2.26. The molecular formula is C18H17ClN4O3. The van der Waals surface area contributed by atoms with Gasteiger partial charge in [0.2, 0.25) is 11.8 Å². The molecule has 2 heterocycles. The first-order chi connectivity index (χ1) is 12.6. The van der Waals surface area contributed by atoms with E-state index in [1.807, 2.05) is 18.2 Å². The Morgan fingerprint density at radius 1 is 1.31 bits per heavy atom. The van der Waals surface area contributed by atoms with Gasteiger partial charge >= 0.3 is 0 Å². The van der Waals surface area contributed by atoms with E-state index in [9.17, 15) is 4.79 Å². The first-order valence-electron chi connectivity index (χ1n) is 7.87. The Labute approximate surface area is 155 Å². The van der Waals surface area contributed by atoms with Crippen LogP contribution in [0.2, 0.25) is 5.02 Å². The van der Waals surface area contributed by atoms with E-state index >= 15 is 0 Å². The molecule has 0 aliphatic carbocycles. The standard InChI is InChI=1S/C18H17ClN4O3/c1-25-14-7-3-6-13(22-14)16-15(17(20)26-23-16)18(24)21-9-8-11-4-2-5-12(19)10-11/h2-7,10H,8-9,20H2,1H3,(H,21,24). The smallest absolute Gasteiger partial charge is 0.259 e. The summed E-state index contributed by atoms with van der Waals surface area (Å²) < 4.78 is 10.1. The maximum atomic E-state index is 12.6. The molecule has 0 saturated heterocycles. The van der Waals surface area contributed by atoms with Crippen LogP contribution in [0.5, 0.6) is 5.88 Å². The number of anilines is 1. The molecule has 0 radical (unpaired) electrons. The van der Waals surface area contributed by atoms with Crippen molar-refractivity contribution < 1.29 is 14.1 Å². The quantitative estimate of drug-likeness (QED) is 0.689. The summed E-state index contributed by atoms with van der Waals surface area (Å²) in [5, 5.41) is 7.33. The van der Waals surface area contributed by atoms with Gasteiger partial charge in [-0.1, -0.05) is 35.0 Å². The van der Waals surface area contributed by atoms with E-state index in [0.29, 0.717) is 29.6 Å².